The molecule has 2 aliphatic rings. The molecule has 0 aliphatic carbocycles. The van der Waals surface area contributed by atoms with E-state index >= 15 is 0 Å². The molecule has 1 atom stereocenters. The third-order valence-corrected chi connectivity index (χ3v) is 6.34. The summed E-state index contributed by atoms with van der Waals surface area (Å²) in [7, 11) is 0. The van der Waals surface area contributed by atoms with Gasteiger partial charge < -0.3 is 9.80 Å². The third-order valence-electron chi connectivity index (χ3n) is 6.34. The molecule has 31 heavy (non-hydrogen) atoms. The zero-order valence-corrected chi connectivity index (χ0v) is 18.2. The Morgan fingerprint density at radius 2 is 1.74 bits per heavy atom. The Morgan fingerprint density at radius 3 is 2.39 bits per heavy atom. The summed E-state index contributed by atoms with van der Waals surface area (Å²) < 4.78 is 14.1. The number of likely N-dealkylation sites (tertiary alicyclic amines) is 1. The van der Waals surface area contributed by atoms with Gasteiger partial charge in [0.15, 0.2) is 0 Å². The summed E-state index contributed by atoms with van der Waals surface area (Å²) in [4.78, 5) is 29.9. The van der Waals surface area contributed by atoms with Crippen molar-refractivity contribution in [3.8, 4) is 0 Å². The fourth-order valence-corrected chi connectivity index (χ4v) is 4.78. The first-order valence-corrected chi connectivity index (χ1v) is 11.1. The third kappa shape index (κ3) is 4.35. The lowest BCUT2D eigenvalue weighted by molar-refractivity contribution is -0.134. The van der Waals surface area contributed by atoms with Crippen molar-refractivity contribution >= 4 is 11.8 Å². The summed E-state index contributed by atoms with van der Waals surface area (Å²) in [5, 5.41) is 3.64. The summed E-state index contributed by atoms with van der Waals surface area (Å²) in [6.45, 7) is 5.88. The van der Waals surface area contributed by atoms with Gasteiger partial charge in [-0.2, -0.15) is 0 Å². The molecule has 1 N–H and O–H groups in total. The Hall–Kier alpha value is -2.73. The van der Waals surface area contributed by atoms with E-state index in [2.05, 4.69) is 19.2 Å². The lowest BCUT2D eigenvalue weighted by Crippen LogP contribution is -2.60. The van der Waals surface area contributed by atoms with Crippen molar-refractivity contribution in [3.05, 3.63) is 71.5 Å². The van der Waals surface area contributed by atoms with Crippen LogP contribution >= 0.6 is 0 Å². The monoisotopic (exact) mass is 423 g/mol. The van der Waals surface area contributed by atoms with Gasteiger partial charge in [0.25, 0.3) is 5.91 Å². The van der Waals surface area contributed by atoms with E-state index in [1.165, 1.54) is 12.1 Å². The second-order valence-electron chi connectivity index (χ2n) is 9.03. The van der Waals surface area contributed by atoms with Crippen molar-refractivity contribution in [2.75, 3.05) is 19.6 Å². The molecule has 1 spiro atoms. The summed E-state index contributed by atoms with van der Waals surface area (Å²) in [6, 6.07) is 15.9. The zero-order chi connectivity index (χ0) is 22.0. The van der Waals surface area contributed by atoms with Gasteiger partial charge in [0.05, 0.1) is 17.3 Å². The number of hydrogen-bond donors (Lipinski definition) is 1. The van der Waals surface area contributed by atoms with Crippen molar-refractivity contribution in [1.29, 1.82) is 0 Å². The highest BCUT2D eigenvalue weighted by Gasteiger charge is 2.51. The van der Waals surface area contributed by atoms with E-state index in [0.717, 1.165) is 5.56 Å². The average molecular weight is 424 g/mol. The first kappa shape index (κ1) is 21.5. The van der Waals surface area contributed by atoms with Crippen LogP contribution in [0.5, 0.6) is 0 Å². The molecule has 4 rings (SSSR count). The van der Waals surface area contributed by atoms with Crippen molar-refractivity contribution in [3.63, 3.8) is 0 Å². The number of carbonyl (C=O) groups excluding carboxylic acids is 2. The molecule has 2 aliphatic heterocycles. The van der Waals surface area contributed by atoms with E-state index < -0.39 is 11.5 Å². The molecule has 164 valence electrons. The minimum absolute atomic E-state index is 0.106. The van der Waals surface area contributed by atoms with E-state index in [-0.39, 0.29) is 23.4 Å². The number of nitrogens with one attached hydrogen (secondary N) is 1. The molecule has 2 heterocycles. The molecular weight excluding hydrogens is 393 g/mol. The number of halogens is 1. The van der Waals surface area contributed by atoms with Crippen molar-refractivity contribution in [2.24, 2.45) is 5.92 Å². The van der Waals surface area contributed by atoms with Crippen LogP contribution in [0.1, 0.15) is 42.6 Å². The molecule has 0 radical (unpaired) electrons. The van der Waals surface area contributed by atoms with Crippen LogP contribution < -0.4 is 5.32 Å². The van der Waals surface area contributed by atoms with E-state index in [1.807, 2.05) is 35.2 Å². The van der Waals surface area contributed by atoms with Crippen molar-refractivity contribution in [2.45, 2.75) is 44.8 Å². The predicted octanol–water partition coefficient (Wildman–Crippen LogP) is 3.46. The maximum absolute atomic E-state index is 14.1. The van der Waals surface area contributed by atoms with Gasteiger partial charge in [-0.1, -0.05) is 56.3 Å². The largest absolute Gasteiger partial charge is 0.338 e. The molecule has 2 amide bonds. The van der Waals surface area contributed by atoms with Crippen LogP contribution in [-0.2, 0) is 11.2 Å². The fourth-order valence-electron chi connectivity index (χ4n) is 4.78. The Labute approximate surface area is 183 Å². The molecule has 0 bridgehead atoms. The number of nitrogens with zero attached hydrogens (tertiary/aromatic N) is 2. The maximum Gasteiger partial charge on any atom is 0.256 e. The quantitative estimate of drug-likeness (QED) is 0.801. The topological polar surface area (TPSA) is 52.7 Å². The number of rotatable bonds is 5. The predicted molar refractivity (Wildman–Crippen MR) is 118 cm³/mol. The smallest absolute Gasteiger partial charge is 0.256 e. The second kappa shape index (κ2) is 8.79. The van der Waals surface area contributed by atoms with Crippen molar-refractivity contribution in [1.82, 2.24) is 15.1 Å². The summed E-state index contributed by atoms with van der Waals surface area (Å²) >= 11 is 0. The van der Waals surface area contributed by atoms with Gasteiger partial charge in [0.2, 0.25) is 5.91 Å². The molecule has 6 heteroatoms. The maximum atomic E-state index is 14.1. The highest BCUT2D eigenvalue weighted by molar-refractivity contribution is 5.94. The summed E-state index contributed by atoms with van der Waals surface area (Å²) in [5.41, 5.74) is 0.782. The zero-order valence-electron chi connectivity index (χ0n) is 18.2. The van der Waals surface area contributed by atoms with E-state index in [0.29, 0.717) is 44.8 Å². The number of piperidine rings is 1. The van der Waals surface area contributed by atoms with E-state index in [4.69, 9.17) is 0 Å². The minimum Gasteiger partial charge on any atom is -0.338 e. The van der Waals surface area contributed by atoms with Gasteiger partial charge in [-0.25, -0.2) is 4.39 Å². The van der Waals surface area contributed by atoms with Gasteiger partial charge in [-0.15, -0.1) is 0 Å². The Balaban J connectivity index is 1.50. The molecule has 0 unspecified atom stereocenters. The highest BCUT2D eigenvalue weighted by atomic mass is 19.1. The van der Waals surface area contributed by atoms with Gasteiger partial charge in [-0.05, 0) is 30.0 Å². The van der Waals surface area contributed by atoms with Crippen LogP contribution in [0.15, 0.2) is 54.6 Å². The molecular formula is C25H30FN3O2. The number of amides is 2. The van der Waals surface area contributed by atoms with Crippen LogP contribution in [0, 0.1) is 11.7 Å². The lowest BCUT2D eigenvalue weighted by atomic mass is 9.94. The summed E-state index contributed by atoms with van der Waals surface area (Å²) in [6.07, 6.45) is 1.92. The fraction of sp³-hybridized carbons (Fsp3) is 0.440. The summed E-state index contributed by atoms with van der Waals surface area (Å²) in [5.74, 6) is -0.303. The van der Waals surface area contributed by atoms with E-state index in [9.17, 15) is 14.0 Å². The number of benzene rings is 2. The van der Waals surface area contributed by atoms with Crippen LogP contribution in [0.4, 0.5) is 4.39 Å². The minimum atomic E-state index is -0.494. The first-order valence-electron chi connectivity index (χ1n) is 11.1. The van der Waals surface area contributed by atoms with Crippen molar-refractivity contribution < 1.29 is 14.0 Å². The van der Waals surface area contributed by atoms with E-state index in [1.54, 1.807) is 17.0 Å². The highest BCUT2D eigenvalue weighted by Crippen LogP contribution is 2.34. The molecule has 5 nitrogen and oxygen atoms in total. The van der Waals surface area contributed by atoms with Gasteiger partial charge in [0, 0.05) is 32.5 Å². The van der Waals surface area contributed by atoms with Gasteiger partial charge in [-0.3, -0.25) is 14.9 Å². The Bertz CT molecular complexity index is 939. The molecule has 2 aromatic rings. The molecule has 0 aromatic heterocycles. The van der Waals surface area contributed by atoms with Crippen LogP contribution in [0.25, 0.3) is 0 Å². The normalized spacial score (nSPS) is 20.6. The molecule has 2 fully saturated rings. The first-order chi connectivity index (χ1) is 14.9. The SMILES string of the molecule is CC(C)CN1C(=O)[C@@H](Cc2ccccc2)NC12CCN(C(=O)c1ccccc1F)CC2. The standard InChI is InChI=1S/C25H30FN3O2/c1-18(2)17-29-24(31)22(16-19-8-4-3-5-9-19)27-25(29)12-14-28(15-13-25)23(30)20-10-6-7-11-21(20)26/h3-11,18,22,27H,12-17H2,1-2H3/t22-/m1/s1. The van der Waals surface area contributed by atoms with Gasteiger partial charge >= 0.3 is 0 Å². The second-order valence-corrected chi connectivity index (χ2v) is 9.03. The Morgan fingerprint density at radius 1 is 1.10 bits per heavy atom. The van der Waals surface area contributed by atoms with Crippen LogP contribution in [0.2, 0.25) is 0 Å². The molecule has 0 saturated carbocycles. The van der Waals surface area contributed by atoms with Gasteiger partial charge in [0.1, 0.15) is 5.82 Å². The van der Waals surface area contributed by atoms with Crippen LogP contribution in [-0.4, -0.2) is 53.0 Å². The Kier molecular flexibility index (Phi) is 6.10. The lowest BCUT2D eigenvalue weighted by Gasteiger charge is -2.45. The van der Waals surface area contributed by atoms with Crippen LogP contribution in [0.3, 0.4) is 0 Å². The average Bonchev–Trinajstić information content (AvgIpc) is 3.00. The number of hydrogen-bond acceptors (Lipinski definition) is 3. The molecule has 2 saturated heterocycles. The molecule has 2 aromatic carbocycles. The number of carbonyl (C=O) groups is 2.